The van der Waals surface area contributed by atoms with Crippen molar-refractivity contribution in [2.24, 2.45) is 0 Å². The summed E-state index contributed by atoms with van der Waals surface area (Å²) < 4.78 is 10.6. The molecule has 2 amide bonds. The summed E-state index contributed by atoms with van der Waals surface area (Å²) in [6.07, 6.45) is -0.825. The summed E-state index contributed by atoms with van der Waals surface area (Å²) in [5.41, 5.74) is 3.35. The van der Waals surface area contributed by atoms with E-state index in [2.05, 4.69) is 5.43 Å². The molecule has 0 bridgehead atoms. The van der Waals surface area contributed by atoms with Crippen molar-refractivity contribution in [2.45, 2.75) is 33.0 Å². The first-order valence-electron chi connectivity index (χ1n) is 8.05. The van der Waals surface area contributed by atoms with Gasteiger partial charge in [0.2, 0.25) is 0 Å². The molecule has 2 rings (SSSR count). The molecule has 0 aromatic heterocycles. The molecule has 1 aromatic carbocycles. The monoisotopic (exact) mass is 335 g/mol. The Labute approximate surface area is 142 Å². The molecule has 0 aliphatic carbocycles. The van der Waals surface area contributed by atoms with Crippen LogP contribution in [0.3, 0.4) is 0 Å². The maximum atomic E-state index is 12.2. The van der Waals surface area contributed by atoms with E-state index >= 15 is 0 Å². The zero-order valence-electron chi connectivity index (χ0n) is 14.4. The number of benzene rings is 1. The molecule has 0 spiro atoms. The van der Waals surface area contributed by atoms with Crippen LogP contribution in [0.2, 0.25) is 0 Å². The van der Waals surface area contributed by atoms with Gasteiger partial charge in [0, 0.05) is 19.6 Å². The van der Waals surface area contributed by atoms with Crippen molar-refractivity contribution in [1.29, 1.82) is 0 Å². The van der Waals surface area contributed by atoms with Crippen LogP contribution in [-0.2, 0) is 16.1 Å². The summed E-state index contributed by atoms with van der Waals surface area (Å²) in [6.45, 7) is 7.34. The second-order valence-corrected chi connectivity index (χ2v) is 6.57. The van der Waals surface area contributed by atoms with Gasteiger partial charge in [-0.2, -0.15) is 0 Å². The summed E-state index contributed by atoms with van der Waals surface area (Å²) in [6, 6.07) is 9.52. The number of nitrogens with zero attached hydrogens (tertiary/aromatic N) is 2. The number of rotatable bonds is 2. The predicted molar refractivity (Wildman–Crippen MR) is 89.1 cm³/mol. The number of ether oxygens (including phenoxy) is 2. The average molecular weight is 335 g/mol. The van der Waals surface area contributed by atoms with Crippen molar-refractivity contribution < 1.29 is 19.1 Å². The van der Waals surface area contributed by atoms with E-state index in [4.69, 9.17) is 9.47 Å². The van der Waals surface area contributed by atoms with Crippen LogP contribution in [0.4, 0.5) is 9.59 Å². The Hall–Kier alpha value is -2.28. The van der Waals surface area contributed by atoms with Crippen LogP contribution in [0.1, 0.15) is 26.3 Å². The van der Waals surface area contributed by atoms with Gasteiger partial charge < -0.3 is 14.4 Å². The first-order valence-corrected chi connectivity index (χ1v) is 8.05. The maximum absolute atomic E-state index is 12.2. The van der Waals surface area contributed by atoms with Gasteiger partial charge in [0.1, 0.15) is 12.2 Å². The number of carbonyl (C=O) groups is 2. The van der Waals surface area contributed by atoms with Gasteiger partial charge in [-0.25, -0.2) is 20.0 Å². The zero-order valence-corrected chi connectivity index (χ0v) is 14.4. The van der Waals surface area contributed by atoms with Gasteiger partial charge in [-0.3, -0.25) is 0 Å². The molecule has 7 heteroatoms. The number of carbonyl (C=O) groups excluding carboxylic acids is 2. The lowest BCUT2D eigenvalue weighted by atomic mass is 10.2. The molecule has 7 nitrogen and oxygen atoms in total. The van der Waals surface area contributed by atoms with Crippen molar-refractivity contribution in [3.05, 3.63) is 35.9 Å². The minimum Gasteiger partial charge on any atom is -0.445 e. The maximum Gasteiger partial charge on any atom is 0.424 e. The van der Waals surface area contributed by atoms with Crippen molar-refractivity contribution in [3.8, 4) is 0 Å². The summed E-state index contributed by atoms with van der Waals surface area (Å²) >= 11 is 0. The molecule has 1 saturated heterocycles. The molecule has 1 aliphatic heterocycles. The van der Waals surface area contributed by atoms with E-state index in [0.29, 0.717) is 26.2 Å². The van der Waals surface area contributed by atoms with Crippen LogP contribution >= 0.6 is 0 Å². The summed E-state index contributed by atoms with van der Waals surface area (Å²) in [4.78, 5) is 25.8. The second kappa shape index (κ2) is 8.01. The Morgan fingerprint density at radius 1 is 1.08 bits per heavy atom. The average Bonchev–Trinajstić information content (AvgIpc) is 2.78. The second-order valence-electron chi connectivity index (χ2n) is 6.57. The first kappa shape index (κ1) is 18.1. The van der Waals surface area contributed by atoms with Gasteiger partial charge in [-0.1, -0.05) is 30.3 Å². The molecule has 0 saturated carbocycles. The van der Waals surface area contributed by atoms with Gasteiger partial charge in [-0.05, 0) is 26.3 Å². The minimum absolute atomic E-state index is 0.235. The molecule has 1 N–H and O–H groups in total. The highest BCUT2D eigenvalue weighted by atomic mass is 16.6. The van der Waals surface area contributed by atoms with Crippen LogP contribution < -0.4 is 5.43 Å². The smallest absolute Gasteiger partial charge is 0.424 e. The Balaban J connectivity index is 1.81. The Morgan fingerprint density at radius 2 is 1.79 bits per heavy atom. The molecule has 1 fully saturated rings. The third kappa shape index (κ3) is 5.73. The molecule has 0 radical (unpaired) electrons. The quantitative estimate of drug-likeness (QED) is 0.898. The lowest BCUT2D eigenvalue weighted by Gasteiger charge is -2.26. The third-order valence-corrected chi connectivity index (χ3v) is 3.36. The minimum atomic E-state index is -0.556. The van der Waals surface area contributed by atoms with E-state index in [0.717, 1.165) is 5.56 Å². The van der Waals surface area contributed by atoms with Crippen LogP contribution in [0.25, 0.3) is 0 Å². The fraction of sp³-hybridized carbons (Fsp3) is 0.529. The SMILES string of the molecule is CC(C)(C)OC(=O)N1CCN(C(=O)OCc2ccccc2)CCN1. The molecule has 0 unspecified atom stereocenters. The van der Waals surface area contributed by atoms with E-state index in [1.807, 2.05) is 51.1 Å². The van der Waals surface area contributed by atoms with Gasteiger partial charge >= 0.3 is 12.2 Å². The largest absolute Gasteiger partial charge is 0.445 e. The highest BCUT2D eigenvalue weighted by Crippen LogP contribution is 2.10. The molecular formula is C17H25N3O4. The van der Waals surface area contributed by atoms with Crippen molar-refractivity contribution in [1.82, 2.24) is 15.3 Å². The fourth-order valence-electron chi connectivity index (χ4n) is 2.20. The first-order chi connectivity index (χ1) is 11.3. The topological polar surface area (TPSA) is 71.1 Å². The highest BCUT2D eigenvalue weighted by molar-refractivity contribution is 5.69. The van der Waals surface area contributed by atoms with Crippen LogP contribution in [-0.4, -0.2) is 53.9 Å². The van der Waals surface area contributed by atoms with E-state index in [-0.39, 0.29) is 12.7 Å². The summed E-state index contributed by atoms with van der Waals surface area (Å²) in [7, 11) is 0. The molecular weight excluding hydrogens is 310 g/mol. The molecule has 1 aliphatic rings. The number of nitrogens with one attached hydrogen (secondary N) is 1. The predicted octanol–water partition coefficient (Wildman–Crippen LogP) is 2.38. The lowest BCUT2D eigenvalue weighted by Crippen LogP contribution is -2.46. The van der Waals surface area contributed by atoms with Gasteiger partial charge in [-0.15, -0.1) is 0 Å². The zero-order chi connectivity index (χ0) is 17.6. The van der Waals surface area contributed by atoms with Gasteiger partial charge in [0.15, 0.2) is 0 Å². The van der Waals surface area contributed by atoms with Crippen molar-refractivity contribution >= 4 is 12.2 Å². The Morgan fingerprint density at radius 3 is 2.46 bits per heavy atom. The lowest BCUT2D eigenvalue weighted by molar-refractivity contribution is 0.0154. The van der Waals surface area contributed by atoms with E-state index in [9.17, 15) is 9.59 Å². The van der Waals surface area contributed by atoms with E-state index in [1.165, 1.54) is 5.01 Å². The number of hydrogen-bond donors (Lipinski definition) is 1. The van der Waals surface area contributed by atoms with Gasteiger partial charge in [0.05, 0.1) is 6.54 Å². The normalized spacial score (nSPS) is 15.6. The summed E-state index contributed by atoms with van der Waals surface area (Å²) in [5.74, 6) is 0. The molecule has 24 heavy (non-hydrogen) atoms. The van der Waals surface area contributed by atoms with Crippen LogP contribution in [0.5, 0.6) is 0 Å². The van der Waals surface area contributed by atoms with E-state index < -0.39 is 11.7 Å². The van der Waals surface area contributed by atoms with Crippen LogP contribution in [0, 0.1) is 0 Å². The molecule has 0 atom stereocenters. The Bertz CT molecular complexity index is 557. The third-order valence-electron chi connectivity index (χ3n) is 3.36. The molecule has 132 valence electrons. The highest BCUT2D eigenvalue weighted by Gasteiger charge is 2.26. The van der Waals surface area contributed by atoms with Crippen LogP contribution in [0.15, 0.2) is 30.3 Å². The van der Waals surface area contributed by atoms with E-state index in [1.54, 1.807) is 4.90 Å². The number of hydrazine groups is 1. The standard InChI is InChI=1S/C17H25N3O4/c1-17(2,3)24-16(22)20-12-11-19(10-9-18-20)15(21)23-13-14-7-5-4-6-8-14/h4-8,18H,9-13H2,1-3H3. The Kier molecular flexibility index (Phi) is 6.03. The number of amides is 2. The fourth-order valence-corrected chi connectivity index (χ4v) is 2.20. The van der Waals surface area contributed by atoms with Gasteiger partial charge in [0.25, 0.3) is 0 Å². The number of hydrogen-bond acceptors (Lipinski definition) is 5. The molecule has 1 heterocycles. The van der Waals surface area contributed by atoms with Crippen molar-refractivity contribution in [2.75, 3.05) is 26.2 Å². The van der Waals surface area contributed by atoms with Crippen molar-refractivity contribution in [3.63, 3.8) is 0 Å². The molecule has 1 aromatic rings. The summed E-state index contributed by atoms with van der Waals surface area (Å²) in [5, 5.41) is 1.40.